The van der Waals surface area contributed by atoms with Gasteiger partial charge in [-0.2, -0.15) is 0 Å². The molecule has 1 amide bonds. The van der Waals surface area contributed by atoms with Crippen LogP contribution in [0, 0.1) is 10.1 Å². The lowest BCUT2D eigenvalue weighted by Gasteiger charge is -2.05. The summed E-state index contributed by atoms with van der Waals surface area (Å²) in [5.74, 6) is -0.305. The summed E-state index contributed by atoms with van der Waals surface area (Å²) in [6.07, 6.45) is 0.767. The van der Waals surface area contributed by atoms with E-state index in [0.717, 1.165) is 0 Å². The maximum Gasteiger partial charge on any atom is 0.294 e. The molecular formula is C10H12ClN3O3. The van der Waals surface area contributed by atoms with E-state index in [4.69, 9.17) is 17.3 Å². The second kappa shape index (κ2) is 6.17. The number of carbonyl (C=O) groups excluding carboxylic acids is 1. The van der Waals surface area contributed by atoms with Crippen LogP contribution in [-0.4, -0.2) is 17.4 Å². The Balaban J connectivity index is 2.83. The molecule has 3 N–H and O–H groups in total. The SMILES string of the molecule is NCCCC(=O)Nc1ccc(Cl)cc1[N+](=O)[O-]. The number of benzene rings is 1. The van der Waals surface area contributed by atoms with Crippen LogP contribution in [0.5, 0.6) is 0 Å². The van der Waals surface area contributed by atoms with E-state index in [1.54, 1.807) is 0 Å². The van der Waals surface area contributed by atoms with Crippen molar-refractivity contribution in [1.29, 1.82) is 0 Å². The number of nitro groups is 1. The molecule has 0 atom stereocenters. The molecule has 6 nitrogen and oxygen atoms in total. The summed E-state index contributed by atoms with van der Waals surface area (Å²) in [7, 11) is 0. The van der Waals surface area contributed by atoms with Gasteiger partial charge in [0.15, 0.2) is 0 Å². The predicted molar refractivity (Wildman–Crippen MR) is 65.0 cm³/mol. The minimum Gasteiger partial charge on any atom is -0.330 e. The van der Waals surface area contributed by atoms with Gasteiger partial charge in [0.25, 0.3) is 5.69 Å². The highest BCUT2D eigenvalue weighted by atomic mass is 35.5. The van der Waals surface area contributed by atoms with Gasteiger partial charge >= 0.3 is 0 Å². The van der Waals surface area contributed by atoms with Crippen LogP contribution in [0.15, 0.2) is 18.2 Å². The largest absolute Gasteiger partial charge is 0.330 e. The van der Waals surface area contributed by atoms with Crippen molar-refractivity contribution in [2.45, 2.75) is 12.8 Å². The Morgan fingerprint density at radius 1 is 1.53 bits per heavy atom. The average Bonchev–Trinajstić information content (AvgIpc) is 2.28. The van der Waals surface area contributed by atoms with Crippen molar-refractivity contribution in [3.8, 4) is 0 Å². The van der Waals surface area contributed by atoms with E-state index in [1.165, 1.54) is 18.2 Å². The van der Waals surface area contributed by atoms with Gasteiger partial charge in [-0.25, -0.2) is 0 Å². The standard InChI is InChI=1S/C10H12ClN3O3/c11-7-3-4-8(9(6-7)14(16)17)13-10(15)2-1-5-12/h3-4,6H,1-2,5,12H2,(H,13,15). The van der Waals surface area contributed by atoms with Gasteiger partial charge in [0.1, 0.15) is 5.69 Å². The second-order valence-electron chi connectivity index (χ2n) is 3.36. The molecule has 0 fully saturated rings. The van der Waals surface area contributed by atoms with Gasteiger partial charge in [-0.05, 0) is 25.1 Å². The van der Waals surface area contributed by atoms with Crippen LogP contribution in [0.25, 0.3) is 0 Å². The highest BCUT2D eigenvalue weighted by molar-refractivity contribution is 6.31. The third-order valence-corrected chi connectivity index (χ3v) is 2.27. The van der Waals surface area contributed by atoms with Crippen LogP contribution >= 0.6 is 11.6 Å². The Hall–Kier alpha value is -1.66. The number of nitrogens with two attached hydrogens (primary N) is 1. The van der Waals surface area contributed by atoms with E-state index in [-0.39, 0.29) is 28.7 Å². The van der Waals surface area contributed by atoms with Crippen molar-refractivity contribution >= 4 is 28.9 Å². The highest BCUT2D eigenvalue weighted by Crippen LogP contribution is 2.27. The third kappa shape index (κ3) is 4.01. The number of nitro benzene ring substituents is 1. The Kier molecular flexibility index (Phi) is 4.86. The lowest BCUT2D eigenvalue weighted by molar-refractivity contribution is -0.383. The van der Waals surface area contributed by atoms with Gasteiger partial charge in [0.05, 0.1) is 4.92 Å². The Morgan fingerprint density at radius 3 is 2.82 bits per heavy atom. The van der Waals surface area contributed by atoms with Crippen molar-refractivity contribution < 1.29 is 9.72 Å². The minimum absolute atomic E-state index is 0.140. The van der Waals surface area contributed by atoms with E-state index in [0.29, 0.717) is 13.0 Å². The first-order valence-corrected chi connectivity index (χ1v) is 5.36. The molecule has 7 heteroatoms. The van der Waals surface area contributed by atoms with Crippen molar-refractivity contribution in [1.82, 2.24) is 0 Å². The van der Waals surface area contributed by atoms with E-state index >= 15 is 0 Å². The second-order valence-corrected chi connectivity index (χ2v) is 3.80. The first-order chi connectivity index (χ1) is 8.04. The molecular weight excluding hydrogens is 246 g/mol. The Bertz CT molecular complexity index is 437. The lowest BCUT2D eigenvalue weighted by Crippen LogP contribution is -2.14. The molecule has 0 aromatic heterocycles. The van der Waals surface area contributed by atoms with Crippen LogP contribution < -0.4 is 11.1 Å². The summed E-state index contributed by atoms with van der Waals surface area (Å²) < 4.78 is 0. The molecule has 0 aliphatic rings. The topological polar surface area (TPSA) is 98.3 Å². The Morgan fingerprint density at radius 2 is 2.24 bits per heavy atom. The number of rotatable bonds is 5. The zero-order valence-corrected chi connectivity index (χ0v) is 9.74. The van der Waals surface area contributed by atoms with Crippen molar-refractivity contribution in [3.63, 3.8) is 0 Å². The summed E-state index contributed by atoms with van der Waals surface area (Å²) in [4.78, 5) is 21.6. The molecule has 0 aliphatic carbocycles. The van der Waals surface area contributed by atoms with Gasteiger partial charge in [-0.15, -0.1) is 0 Å². The number of halogens is 1. The molecule has 0 heterocycles. The third-order valence-electron chi connectivity index (χ3n) is 2.04. The summed E-state index contributed by atoms with van der Waals surface area (Å²) in [5.41, 5.74) is 5.18. The summed E-state index contributed by atoms with van der Waals surface area (Å²) in [6, 6.07) is 4.08. The molecule has 0 saturated carbocycles. The van der Waals surface area contributed by atoms with Gasteiger partial charge in [-0.3, -0.25) is 14.9 Å². The van der Waals surface area contributed by atoms with E-state index in [1.807, 2.05) is 0 Å². The molecule has 1 rings (SSSR count). The molecule has 0 spiro atoms. The molecule has 1 aromatic rings. The molecule has 92 valence electrons. The van der Waals surface area contributed by atoms with E-state index < -0.39 is 4.92 Å². The number of anilines is 1. The maximum absolute atomic E-state index is 11.4. The normalized spacial score (nSPS) is 10.0. The van der Waals surface area contributed by atoms with Crippen molar-refractivity contribution in [2.75, 3.05) is 11.9 Å². The quantitative estimate of drug-likeness (QED) is 0.622. The smallest absolute Gasteiger partial charge is 0.294 e. The molecule has 1 aromatic carbocycles. The molecule has 17 heavy (non-hydrogen) atoms. The van der Waals surface area contributed by atoms with Crippen LogP contribution in [0.2, 0.25) is 5.02 Å². The van der Waals surface area contributed by atoms with Crippen LogP contribution in [0.4, 0.5) is 11.4 Å². The fourth-order valence-corrected chi connectivity index (χ4v) is 1.40. The molecule has 0 saturated heterocycles. The number of amides is 1. The molecule has 0 radical (unpaired) electrons. The van der Waals surface area contributed by atoms with Gasteiger partial charge in [-0.1, -0.05) is 11.6 Å². The van der Waals surface area contributed by atoms with Gasteiger partial charge in [0, 0.05) is 17.5 Å². The zero-order valence-electron chi connectivity index (χ0n) is 8.98. The first kappa shape index (κ1) is 13.4. The first-order valence-electron chi connectivity index (χ1n) is 4.98. The average molecular weight is 258 g/mol. The molecule has 0 bridgehead atoms. The number of nitrogens with zero attached hydrogens (tertiary/aromatic N) is 1. The molecule has 0 unspecified atom stereocenters. The summed E-state index contributed by atoms with van der Waals surface area (Å²) in [6.45, 7) is 0.399. The monoisotopic (exact) mass is 257 g/mol. The number of hydrogen-bond acceptors (Lipinski definition) is 4. The zero-order chi connectivity index (χ0) is 12.8. The van der Waals surface area contributed by atoms with Gasteiger partial charge < -0.3 is 11.1 Å². The van der Waals surface area contributed by atoms with Crippen LogP contribution in [-0.2, 0) is 4.79 Å². The van der Waals surface area contributed by atoms with Gasteiger partial charge in [0.2, 0.25) is 5.91 Å². The molecule has 0 aliphatic heterocycles. The highest BCUT2D eigenvalue weighted by Gasteiger charge is 2.15. The van der Waals surface area contributed by atoms with Crippen LogP contribution in [0.1, 0.15) is 12.8 Å². The number of hydrogen-bond donors (Lipinski definition) is 2. The fraction of sp³-hybridized carbons (Fsp3) is 0.300. The number of carbonyl (C=O) groups is 1. The van der Waals surface area contributed by atoms with E-state index in [9.17, 15) is 14.9 Å². The van der Waals surface area contributed by atoms with Crippen molar-refractivity contribution in [3.05, 3.63) is 33.3 Å². The lowest BCUT2D eigenvalue weighted by atomic mass is 10.2. The predicted octanol–water partition coefficient (Wildman–Crippen LogP) is 1.93. The van der Waals surface area contributed by atoms with Crippen LogP contribution in [0.3, 0.4) is 0 Å². The summed E-state index contributed by atoms with van der Waals surface area (Å²) >= 11 is 5.65. The fourth-order valence-electron chi connectivity index (χ4n) is 1.24. The number of nitrogens with one attached hydrogen (secondary N) is 1. The Labute approximate surface area is 103 Å². The maximum atomic E-state index is 11.4. The minimum atomic E-state index is -0.593. The van der Waals surface area contributed by atoms with Crippen molar-refractivity contribution in [2.24, 2.45) is 5.73 Å². The summed E-state index contributed by atoms with van der Waals surface area (Å²) in [5, 5.41) is 13.5. The van der Waals surface area contributed by atoms with E-state index in [2.05, 4.69) is 5.32 Å².